The minimum absolute atomic E-state index is 0.675. The van der Waals surface area contributed by atoms with Crippen molar-refractivity contribution in [1.29, 1.82) is 0 Å². The molecule has 0 amide bonds. The highest BCUT2D eigenvalue weighted by Crippen LogP contribution is 2.42. The van der Waals surface area contributed by atoms with Gasteiger partial charge in [0, 0.05) is 37.3 Å². The number of methoxy groups -OCH3 is 3. The lowest BCUT2D eigenvalue weighted by atomic mass is 9.78. The molecule has 5 heteroatoms. The summed E-state index contributed by atoms with van der Waals surface area (Å²) in [6.45, 7) is 4.56. The first-order chi connectivity index (χ1) is 13.8. The molecule has 1 aromatic rings. The predicted molar refractivity (Wildman–Crippen MR) is 111 cm³/mol. The lowest BCUT2D eigenvalue weighted by Gasteiger charge is -2.49. The molecule has 1 aromatic carbocycles. The van der Waals surface area contributed by atoms with Gasteiger partial charge in [-0.25, -0.2) is 0 Å². The van der Waals surface area contributed by atoms with Crippen LogP contribution in [0.1, 0.15) is 50.5 Å². The summed E-state index contributed by atoms with van der Waals surface area (Å²) in [6, 6.07) is 5.58. The third-order valence-corrected chi connectivity index (χ3v) is 7.20. The van der Waals surface area contributed by atoms with Crippen molar-refractivity contribution in [1.82, 2.24) is 9.80 Å². The number of nitrogens with zero attached hydrogens (tertiary/aromatic N) is 2. The van der Waals surface area contributed by atoms with E-state index in [-0.39, 0.29) is 0 Å². The molecule has 3 fully saturated rings. The molecule has 4 rings (SSSR count). The minimum atomic E-state index is 0.675. The average Bonchev–Trinajstić information content (AvgIpc) is 3.22. The third-order valence-electron chi connectivity index (χ3n) is 7.20. The number of benzene rings is 1. The summed E-state index contributed by atoms with van der Waals surface area (Å²) in [7, 11) is 5.09. The van der Waals surface area contributed by atoms with Gasteiger partial charge in [-0.05, 0) is 44.2 Å². The van der Waals surface area contributed by atoms with E-state index in [1.165, 1.54) is 63.6 Å². The smallest absolute Gasteiger partial charge is 0.203 e. The van der Waals surface area contributed by atoms with Crippen LogP contribution in [0.2, 0.25) is 0 Å². The van der Waals surface area contributed by atoms with Gasteiger partial charge < -0.3 is 14.2 Å². The van der Waals surface area contributed by atoms with Gasteiger partial charge in [0.15, 0.2) is 11.5 Å². The van der Waals surface area contributed by atoms with Crippen molar-refractivity contribution in [2.45, 2.75) is 63.6 Å². The van der Waals surface area contributed by atoms with Gasteiger partial charge in [0.2, 0.25) is 5.75 Å². The van der Waals surface area contributed by atoms with Gasteiger partial charge in [-0.2, -0.15) is 0 Å². The van der Waals surface area contributed by atoms with Crippen molar-refractivity contribution in [3.8, 4) is 17.2 Å². The summed E-state index contributed by atoms with van der Waals surface area (Å²) in [4.78, 5) is 5.52. The number of piperazine rings is 1. The summed E-state index contributed by atoms with van der Waals surface area (Å²) in [5.41, 5.74) is 1.20. The molecule has 0 aromatic heterocycles. The van der Waals surface area contributed by atoms with E-state index < -0.39 is 0 Å². The van der Waals surface area contributed by atoms with Crippen LogP contribution in [0.3, 0.4) is 0 Å². The van der Waals surface area contributed by atoms with Crippen LogP contribution >= 0.6 is 0 Å². The largest absolute Gasteiger partial charge is 0.493 e. The number of hydrogen-bond acceptors (Lipinski definition) is 5. The third kappa shape index (κ3) is 3.71. The standard InChI is InChI=1S/C23H36N2O3/c1-26-20-12-11-18(22(27-2)23(20)28-3)16-25-15-14-24-13-7-10-19(24)21(25)17-8-5-4-6-9-17/h11-12,17,19,21H,4-10,13-16H2,1-3H3/t19-,21+/m0/s1. The first-order valence-electron chi connectivity index (χ1n) is 11.0. The predicted octanol–water partition coefficient (Wildman–Crippen LogP) is 3.94. The van der Waals surface area contributed by atoms with Crippen LogP contribution in [0, 0.1) is 5.92 Å². The van der Waals surface area contributed by atoms with Gasteiger partial charge in [0.05, 0.1) is 21.3 Å². The Kier molecular flexibility index (Phi) is 6.32. The zero-order valence-electron chi connectivity index (χ0n) is 17.8. The first kappa shape index (κ1) is 19.8. The maximum atomic E-state index is 5.78. The Labute approximate surface area is 169 Å². The SMILES string of the molecule is COc1ccc(CN2CCN3CCC[C@H]3[C@H]2C2CCCCC2)c(OC)c1OC. The number of ether oxygens (including phenoxy) is 3. The highest BCUT2D eigenvalue weighted by Gasteiger charge is 2.43. The fourth-order valence-electron chi connectivity index (χ4n) is 5.94. The molecule has 0 bridgehead atoms. The Morgan fingerprint density at radius 3 is 2.32 bits per heavy atom. The molecule has 2 saturated heterocycles. The molecule has 2 atom stereocenters. The molecular weight excluding hydrogens is 352 g/mol. The molecule has 156 valence electrons. The van der Waals surface area contributed by atoms with E-state index in [4.69, 9.17) is 14.2 Å². The summed E-state index contributed by atoms with van der Waals surface area (Å²) in [5, 5.41) is 0. The Morgan fingerprint density at radius 1 is 0.821 bits per heavy atom. The first-order valence-corrected chi connectivity index (χ1v) is 11.0. The van der Waals surface area contributed by atoms with Crippen molar-refractivity contribution in [2.75, 3.05) is 41.0 Å². The molecule has 0 radical (unpaired) electrons. The fraction of sp³-hybridized carbons (Fsp3) is 0.739. The van der Waals surface area contributed by atoms with Crippen molar-refractivity contribution in [2.24, 2.45) is 5.92 Å². The van der Waals surface area contributed by atoms with E-state index in [1.807, 2.05) is 6.07 Å². The van der Waals surface area contributed by atoms with Crippen molar-refractivity contribution < 1.29 is 14.2 Å². The highest BCUT2D eigenvalue weighted by atomic mass is 16.5. The highest BCUT2D eigenvalue weighted by molar-refractivity contribution is 5.55. The molecule has 5 nitrogen and oxygen atoms in total. The number of hydrogen-bond donors (Lipinski definition) is 0. The van der Waals surface area contributed by atoms with Crippen LogP contribution in [0.15, 0.2) is 12.1 Å². The summed E-state index contributed by atoms with van der Waals surface area (Å²) in [6.07, 6.45) is 9.75. The van der Waals surface area contributed by atoms with Crippen LogP contribution in [0.25, 0.3) is 0 Å². The van der Waals surface area contributed by atoms with Gasteiger partial charge >= 0.3 is 0 Å². The molecule has 1 aliphatic carbocycles. The topological polar surface area (TPSA) is 34.2 Å². The second-order valence-corrected chi connectivity index (χ2v) is 8.60. The Morgan fingerprint density at radius 2 is 1.61 bits per heavy atom. The maximum absolute atomic E-state index is 5.78. The molecule has 0 N–H and O–H groups in total. The maximum Gasteiger partial charge on any atom is 0.203 e. The molecule has 0 spiro atoms. The lowest BCUT2D eigenvalue weighted by Crippen LogP contribution is -2.59. The molecule has 1 saturated carbocycles. The monoisotopic (exact) mass is 388 g/mol. The second kappa shape index (κ2) is 8.91. The van der Waals surface area contributed by atoms with Crippen molar-refractivity contribution >= 4 is 0 Å². The zero-order valence-corrected chi connectivity index (χ0v) is 17.8. The van der Waals surface area contributed by atoms with Gasteiger partial charge in [-0.1, -0.05) is 25.3 Å². The average molecular weight is 389 g/mol. The Hall–Kier alpha value is -1.46. The fourth-order valence-corrected chi connectivity index (χ4v) is 5.94. The summed E-state index contributed by atoms with van der Waals surface area (Å²) >= 11 is 0. The van der Waals surface area contributed by atoms with E-state index in [1.54, 1.807) is 21.3 Å². The minimum Gasteiger partial charge on any atom is -0.493 e. The van der Waals surface area contributed by atoms with E-state index >= 15 is 0 Å². The number of fused-ring (bicyclic) bond motifs is 1. The van der Waals surface area contributed by atoms with E-state index in [0.717, 1.165) is 36.5 Å². The Bertz CT molecular complexity index is 659. The van der Waals surface area contributed by atoms with Crippen LogP contribution in [-0.4, -0.2) is 62.8 Å². The quantitative estimate of drug-likeness (QED) is 0.737. The molecule has 2 heterocycles. The lowest BCUT2D eigenvalue weighted by molar-refractivity contribution is -0.00417. The Balaban J connectivity index is 1.61. The van der Waals surface area contributed by atoms with Crippen LogP contribution < -0.4 is 14.2 Å². The van der Waals surface area contributed by atoms with Gasteiger partial charge in [-0.15, -0.1) is 0 Å². The van der Waals surface area contributed by atoms with Gasteiger partial charge in [0.25, 0.3) is 0 Å². The van der Waals surface area contributed by atoms with Crippen LogP contribution in [0.5, 0.6) is 17.2 Å². The molecule has 28 heavy (non-hydrogen) atoms. The van der Waals surface area contributed by atoms with Gasteiger partial charge in [0.1, 0.15) is 0 Å². The van der Waals surface area contributed by atoms with Gasteiger partial charge in [-0.3, -0.25) is 9.80 Å². The zero-order chi connectivity index (χ0) is 19.5. The molecule has 2 aliphatic heterocycles. The van der Waals surface area contributed by atoms with Crippen molar-refractivity contribution in [3.05, 3.63) is 17.7 Å². The normalized spacial score (nSPS) is 26.8. The second-order valence-electron chi connectivity index (χ2n) is 8.60. The molecule has 3 aliphatic rings. The van der Waals surface area contributed by atoms with Crippen LogP contribution in [0.4, 0.5) is 0 Å². The van der Waals surface area contributed by atoms with Crippen LogP contribution in [-0.2, 0) is 6.54 Å². The van der Waals surface area contributed by atoms with Crippen molar-refractivity contribution in [3.63, 3.8) is 0 Å². The summed E-state index contributed by atoms with van der Waals surface area (Å²) in [5.74, 6) is 3.09. The molecule has 0 unspecified atom stereocenters. The van der Waals surface area contributed by atoms with E-state index in [9.17, 15) is 0 Å². The van der Waals surface area contributed by atoms with E-state index in [2.05, 4.69) is 15.9 Å². The summed E-state index contributed by atoms with van der Waals surface area (Å²) < 4.78 is 16.9. The molecular formula is C23H36N2O3. The number of rotatable bonds is 6. The van der Waals surface area contributed by atoms with E-state index in [0.29, 0.717) is 11.8 Å².